The third-order valence-electron chi connectivity index (χ3n) is 3.76. The fraction of sp³-hybridized carbons (Fsp3) is 0.158. The summed E-state index contributed by atoms with van der Waals surface area (Å²) in [5.41, 5.74) is 2.19. The molecular formula is C19H16O5. The number of carbonyl (C=O) groups is 2. The maximum absolute atomic E-state index is 12.6. The average Bonchev–Trinajstić information content (AvgIpc) is 2.63. The Morgan fingerprint density at radius 2 is 2.00 bits per heavy atom. The van der Waals surface area contributed by atoms with E-state index in [1.807, 2.05) is 6.07 Å². The largest absolute Gasteiger partial charge is 0.497 e. The number of fused-ring (bicyclic) bond motifs is 1. The molecule has 1 aliphatic rings. The molecule has 24 heavy (non-hydrogen) atoms. The van der Waals surface area contributed by atoms with Crippen LogP contribution in [0.15, 0.2) is 48.0 Å². The Morgan fingerprint density at radius 1 is 1.17 bits per heavy atom. The lowest BCUT2D eigenvalue weighted by Crippen LogP contribution is -2.19. The van der Waals surface area contributed by atoms with Crippen LogP contribution in [0.5, 0.6) is 11.5 Å². The van der Waals surface area contributed by atoms with Gasteiger partial charge in [-0.1, -0.05) is 12.1 Å². The first-order valence-corrected chi connectivity index (χ1v) is 7.37. The topological polar surface area (TPSA) is 61.8 Å². The molecule has 2 aromatic carbocycles. The van der Waals surface area contributed by atoms with Crippen LogP contribution in [-0.4, -0.2) is 32.6 Å². The number of ketones is 1. The molecule has 0 aliphatic carbocycles. The van der Waals surface area contributed by atoms with Gasteiger partial charge in [0, 0.05) is 11.6 Å². The second-order valence-electron chi connectivity index (χ2n) is 5.27. The first kappa shape index (κ1) is 15.8. The van der Waals surface area contributed by atoms with Crippen LogP contribution in [0.4, 0.5) is 0 Å². The van der Waals surface area contributed by atoms with Gasteiger partial charge in [0.1, 0.15) is 18.1 Å². The highest BCUT2D eigenvalue weighted by Gasteiger charge is 2.23. The van der Waals surface area contributed by atoms with Crippen LogP contribution >= 0.6 is 0 Å². The lowest BCUT2D eigenvalue weighted by Gasteiger charge is -2.19. The second-order valence-corrected chi connectivity index (χ2v) is 5.27. The number of hydrogen-bond donors (Lipinski definition) is 0. The summed E-state index contributed by atoms with van der Waals surface area (Å²) in [6.45, 7) is 0.168. The highest BCUT2D eigenvalue weighted by atomic mass is 16.5. The van der Waals surface area contributed by atoms with Crippen molar-refractivity contribution in [3.05, 3.63) is 64.7 Å². The zero-order valence-electron chi connectivity index (χ0n) is 13.4. The van der Waals surface area contributed by atoms with Crippen molar-refractivity contribution in [2.45, 2.75) is 0 Å². The summed E-state index contributed by atoms with van der Waals surface area (Å²) in [7, 11) is 2.89. The van der Waals surface area contributed by atoms with E-state index in [4.69, 9.17) is 14.2 Å². The fourth-order valence-corrected chi connectivity index (χ4v) is 2.51. The summed E-state index contributed by atoms with van der Waals surface area (Å²) >= 11 is 0. The Labute approximate surface area is 139 Å². The summed E-state index contributed by atoms with van der Waals surface area (Å²) in [5.74, 6) is 0.640. The highest BCUT2D eigenvalue weighted by molar-refractivity contribution is 6.14. The van der Waals surface area contributed by atoms with Gasteiger partial charge in [0.15, 0.2) is 5.78 Å². The van der Waals surface area contributed by atoms with E-state index in [9.17, 15) is 9.59 Å². The lowest BCUT2D eigenvalue weighted by molar-refractivity contribution is 0.0600. The van der Waals surface area contributed by atoms with Gasteiger partial charge in [-0.15, -0.1) is 0 Å². The monoisotopic (exact) mass is 324 g/mol. The number of esters is 1. The molecule has 5 nitrogen and oxygen atoms in total. The first-order valence-electron chi connectivity index (χ1n) is 7.37. The number of methoxy groups -OCH3 is 2. The van der Waals surface area contributed by atoms with Gasteiger partial charge in [-0.2, -0.15) is 0 Å². The summed E-state index contributed by atoms with van der Waals surface area (Å²) in [6, 6.07) is 12.0. The van der Waals surface area contributed by atoms with E-state index < -0.39 is 5.97 Å². The quantitative estimate of drug-likeness (QED) is 0.641. The second kappa shape index (κ2) is 6.58. The molecule has 0 N–H and O–H groups in total. The normalized spacial score (nSPS) is 14.8. The smallest absolute Gasteiger partial charge is 0.337 e. The van der Waals surface area contributed by atoms with Gasteiger partial charge in [-0.05, 0) is 35.9 Å². The van der Waals surface area contributed by atoms with Crippen molar-refractivity contribution >= 4 is 17.8 Å². The van der Waals surface area contributed by atoms with Crippen LogP contribution in [0.25, 0.3) is 6.08 Å². The Kier molecular flexibility index (Phi) is 4.33. The van der Waals surface area contributed by atoms with Gasteiger partial charge in [0.2, 0.25) is 0 Å². The third-order valence-corrected chi connectivity index (χ3v) is 3.76. The van der Waals surface area contributed by atoms with Crippen molar-refractivity contribution in [2.75, 3.05) is 20.8 Å². The van der Waals surface area contributed by atoms with Crippen LogP contribution in [-0.2, 0) is 4.74 Å². The van der Waals surface area contributed by atoms with Gasteiger partial charge in [-0.3, -0.25) is 4.79 Å². The third kappa shape index (κ3) is 3.01. The number of rotatable bonds is 3. The fourth-order valence-electron chi connectivity index (χ4n) is 2.51. The van der Waals surface area contributed by atoms with E-state index in [0.29, 0.717) is 28.2 Å². The number of hydrogen-bond acceptors (Lipinski definition) is 5. The van der Waals surface area contributed by atoms with Gasteiger partial charge >= 0.3 is 5.97 Å². The minimum absolute atomic E-state index is 0.0950. The molecule has 0 saturated heterocycles. The molecule has 0 fully saturated rings. The maximum atomic E-state index is 12.6. The molecule has 1 aliphatic heterocycles. The minimum atomic E-state index is -0.418. The first-order chi connectivity index (χ1) is 11.6. The summed E-state index contributed by atoms with van der Waals surface area (Å²) < 4.78 is 15.5. The number of Topliss-reactive ketones (excluding diaryl/α,β-unsaturated/α-hetero) is 1. The molecule has 0 aromatic heterocycles. The van der Waals surface area contributed by atoms with E-state index in [-0.39, 0.29) is 12.4 Å². The lowest BCUT2D eigenvalue weighted by atomic mass is 9.98. The van der Waals surface area contributed by atoms with Crippen LogP contribution in [0.2, 0.25) is 0 Å². The molecule has 0 radical (unpaired) electrons. The van der Waals surface area contributed by atoms with E-state index in [2.05, 4.69) is 0 Å². The van der Waals surface area contributed by atoms with Gasteiger partial charge in [-0.25, -0.2) is 4.79 Å². The number of ether oxygens (including phenoxy) is 3. The molecule has 5 heteroatoms. The Morgan fingerprint density at radius 3 is 2.75 bits per heavy atom. The molecule has 0 atom stereocenters. The standard InChI is InChI=1S/C19H16O5/c1-22-15-6-7-16-17(10-15)24-11-14(18(16)20)9-12-4-3-5-13(8-12)19(21)23-2/h3-10H,11H2,1-2H3/b14-9+. The van der Waals surface area contributed by atoms with Crippen LogP contribution in [0.3, 0.4) is 0 Å². The van der Waals surface area contributed by atoms with Crippen molar-refractivity contribution in [3.8, 4) is 11.5 Å². The van der Waals surface area contributed by atoms with Crippen molar-refractivity contribution in [2.24, 2.45) is 0 Å². The molecule has 0 amide bonds. The zero-order chi connectivity index (χ0) is 17.1. The Balaban J connectivity index is 1.92. The molecule has 0 bridgehead atoms. The van der Waals surface area contributed by atoms with Crippen LogP contribution in [0, 0.1) is 0 Å². The molecule has 0 unspecified atom stereocenters. The van der Waals surface area contributed by atoms with Crippen molar-refractivity contribution < 1.29 is 23.8 Å². The van der Waals surface area contributed by atoms with Crippen LogP contribution in [0.1, 0.15) is 26.3 Å². The number of carbonyl (C=O) groups excluding carboxylic acids is 2. The molecule has 122 valence electrons. The van der Waals surface area contributed by atoms with Gasteiger partial charge in [0.25, 0.3) is 0 Å². The molecule has 1 heterocycles. The van der Waals surface area contributed by atoms with Crippen molar-refractivity contribution in [1.82, 2.24) is 0 Å². The molecule has 2 aromatic rings. The zero-order valence-corrected chi connectivity index (χ0v) is 13.4. The molecule has 3 rings (SSSR count). The SMILES string of the molecule is COC(=O)c1cccc(/C=C2\COc3cc(OC)ccc3C2=O)c1. The van der Waals surface area contributed by atoms with Gasteiger partial charge in [0.05, 0.1) is 25.3 Å². The number of benzene rings is 2. The predicted molar refractivity (Wildman–Crippen MR) is 88.6 cm³/mol. The molecular weight excluding hydrogens is 308 g/mol. The highest BCUT2D eigenvalue weighted by Crippen LogP contribution is 2.31. The summed E-state index contributed by atoms with van der Waals surface area (Å²) in [6.07, 6.45) is 1.72. The van der Waals surface area contributed by atoms with Crippen molar-refractivity contribution in [3.63, 3.8) is 0 Å². The van der Waals surface area contributed by atoms with Gasteiger partial charge < -0.3 is 14.2 Å². The average molecular weight is 324 g/mol. The predicted octanol–water partition coefficient (Wildman–Crippen LogP) is 3.14. The van der Waals surface area contributed by atoms with E-state index in [0.717, 1.165) is 5.56 Å². The van der Waals surface area contributed by atoms with E-state index in [1.54, 1.807) is 49.6 Å². The van der Waals surface area contributed by atoms with Crippen LogP contribution < -0.4 is 9.47 Å². The summed E-state index contributed by atoms with van der Waals surface area (Å²) in [5, 5.41) is 0. The minimum Gasteiger partial charge on any atom is -0.497 e. The molecule has 0 spiro atoms. The Bertz CT molecular complexity index is 835. The van der Waals surface area contributed by atoms with Crippen molar-refractivity contribution in [1.29, 1.82) is 0 Å². The van der Waals surface area contributed by atoms with E-state index >= 15 is 0 Å². The molecule has 0 saturated carbocycles. The summed E-state index contributed by atoms with van der Waals surface area (Å²) in [4.78, 5) is 24.2. The Hall–Kier alpha value is -3.08. The van der Waals surface area contributed by atoms with E-state index in [1.165, 1.54) is 7.11 Å². The maximum Gasteiger partial charge on any atom is 0.337 e.